The van der Waals surface area contributed by atoms with Crippen LogP contribution in [0.4, 0.5) is 10.1 Å². The van der Waals surface area contributed by atoms with Gasteiger partial charge in [-0.3, -0.25) is 4.79 Å². The summed E-state index contributed by atoms with van der Waals surface area (Å²) in [4.78, 5) is 12.0. The number of hydrogen-bond acceptors (Lipinski definition) is 3. The fourth-order valence-corrected chi connectivity index (χ4v) is 2.10. The van der Waals surface area contributed by atoms with Gasteiger partial charge in [0.25, 0.3) is 0 Å². The highest BCUT2D eigenvalue weighted by Crippen LogP contribution is 2.23. The molecule has 23 heavy (non-hydrogen) atoms. The molecule has 2 N–H and O–H groups in total. The number of benzene rings is 2. The van der Waals surface area contributed by atoms with Crippen LogP contribution in [0.1, 0.15) is 18.9 Å². The van der Waals surface area contributed by atoms with Crippen molar-refractivity contribution in [2.75, 3.05) is 18.5 Å². The van der Waals surface area contributed by atoms with Crippen LogP contribution in [0.3, 0.4) is 0 Å². The Morgan fingerprint density at radius 1 is 1.13 bits per heavy atom. The molecule has 2 rings (SSSR count). The van der Waals surface area contributed by atoms with Crippen LogP contribution >= 0.6 is 0 Å². The molecule has 0 fully saturated rings. The van der Waals surface area contributed by atoms with Crippen molar-refractivity contribution in [1.29, 1.82) is 0 Å². The van der Waals surface area contributed by atoms with E-state index >= 15 is 0 Å². The van der Waals surface area contributed by atoms with Crippen LogP contribution < -0.4 is 15.4 Å². The lowest BCUT2D eigenvalue weighted by Crippen LogP contribution is -2.21. The Labute approximate surface area is 135 Å². The molecule has 1 amide bonds. The van der Waals surface area contributed by atoms with Gasteiger partial charge in [0.15, 0.2) is 0 Å². The average Bonchev–Trinajstić information content (AvgIpc) is 2.55. The van der Waals surface area contributed by atoms with E-state index in [9.17, 15) is 9.18 Å². The predicted molar refractivity (Wildman–Crippen MR) is 89.0 cm³/mol. The number of para-hydroxylation sites is 2. The third-order valence-electron chi connectivity index (χ3n) is 3.23. The van der Waals surface area contributed by atoms with Gasteiger partial charge in [0.2, 0.25) is 5.91 Å². The van der Waals surface area contributed by atoms with Gasteiger partial charge in [0, 0.05) is 19.5 Å². The normalized spacial score (nSPS) is 10.3. The molecule has 5 heteroatoms. The van der Waals surface area contributed by atoms with Crippen LogP contribution in [0.2, 0.25) is 0 Å². The van der Waals surface area contributed by atoms with Gasteiger partial charge in [-0.25, -0.2) is 4.39 Å². The van der Waals surface area contributed by atoms with E-state index < -0.39 is 0 Å². The second-order valence-electron chi connectivity index (χ2n) is 5.03. The maximum absolute atomic E-state index is 12.8. The van der Waals surface area contributed by atoms with Crippen LogP contribution in [0, 0.1) is 5.82 Å². The molecule has 0 aliphatic rings. The molecule has 0 saturated carbocycles. The fraction of sp³-hybridized carbons (Fsp3) is 0.278. The molecule has 0 aromatic heterocycles. The van der Waals surface area contributed by atoms with Crippen molar-refractivity contribution in [3.8, 4) is 5.75 Å². The lowest BCUT2D eigenvalue weighted by Gasteiger charge is -2.11. The number of ether oxygens (including phenoxy) is 1. The van der Waals surface area contributed by atoms with E-state index in [0.717, 1.165) is 5.56 Å². The number of nitrogens with one attached hydrogen (secondary N) is 2. The fourth-order valence-electron chi connectivity index (χ4n) is 2.10. The topological polar surface area (TPSA) is 50.4 Å². The van der Waals surface area contributed by atoms with E-state index in [-0.39, 0.29) is 11.7 Å². The van der Waals surface area contributed by atoms with Crippen molar-refractivity contribution in [3.63, 3.8) is 0 Å². The first-order valence-electron chi connectivity index (χ1n) is 7.66. The molecule has 0 aliphatic carbocycles. The minimum Gasteiger partial charge on any atom is -0.492 e. The lowest BCUT2D eigenvalue weighted by atomic mass is 10.2. The standard InChI is InChI=1S/C18H21FN2O2/c1-2-23-17-6-4-3-5-16(17)21-18(22)11-12-20-13-14-7-9-15(19)10-8-14/h3-10,20H,2,11-13H2,1H3,(H,21,22). The summed E-state index contributed by atoms with van der Waals surface area (Å²) in [5.74, 6) is 0.340. The van der Waals surface area contributed by atoms with Gasteiger partial charge in [-0.2, -0.15) is 0 Å². The second-order valence-corrected chi connectivity index (χ2v) is 5.03. The zero-order chi connectivity index (χ0) is 16.5. The van der Waals surface area contributed by atoms with Gasteiger partial charge < -0.3 is 15.4 Å². The Hall–Kier alpha value is -2.40. The lowest BCUT2D eigenvalue weighted by molar-refractivity contribution is -0.116. The van der Waals surface area contributed by atoms with E-state index in [1.807, 2.05) is 31.2 Å². The molecule has 0 heterocycles. The summed E-state index contributed by atoms with van der Waals surface area (Å²) in [5, 5.41) is 6.01. The van der Waals surface area contributed by atoms with Gasteiger partial charge in [-0.15, -0.1) is 0 Å². The number of hydrogen-bond donors (Lipinski definition) is 2. The maximum Gasteiger partial charge on any atom is 0.225 e. The molecular weight excluding hydrogens is 295 g/mol. The molecule has 0 bridgehead atoms. The largest absolute Gasteiger partial charge is 0.492 e. The minimum absolute atomic E-state index is 0.0799. The molecule has 0 saturated heterocycles. The molecule has 2 aromatic rings. The molecule has 0 spiro atoms. The number of carbonyl (C=O) groups is 1. The van der Waals surface area contributed by atoms with Crippen molar-refractivity contribution in [3.05, 3.63) is 59.9 Å². The van der Waals surface area contributed by atoms with Crippen LogP contribution in [0.15, 0.2) is 48.5 Å². The molecule has 0 radical (unpaired) electrons. The summed E-state index contributed by atoms with van der Waals surface area (Å²) in [6, 6.07) is 13.7. The first kappa shape index (κ1) is 17.0. The Bertz CT molecular complexity index is 629. The number of halogens is 1. The summed E-state index contributed by atoms with van der Waals surface area (Å²) in [5.41, 5.74) is 1.66. The summed E-state index contributed by atoms with van der Waals surface area (Å²) in [6.07, 6.45) is 0.349. The molecule has 0 unspecified atom stereocenters. The maximum atomic E-state index is 12.8. The molecule has 0 aliphatic heterocycles. The van der Waals surface area contributed by atoms with Gasteiger partial charge >= 0.3 is 0 Å². The Balaban J connectivity index is 1.74. The monoisotopic (exact) mass is 316 g/mol. The van der Waals surface area contributed by atoms with E-state index in [1.54, 1.807) is 12.1 Å². The summed E-state index contributed by atoms with van der Waals surface area (Å²) in [7, 11) is 0. The zero-order valence-corrected chi connectivity index (χ0v) is 13.1. The van der Waals surface area contributed by atoms with Crippen molar-refractivity contribution >= 4 is 11.6 Å². The van der Waals surface area contributed by atoms with Crippen LogP contribution in [0.5, 0.6) is 5.75 Å². The number of amides is 1. The quantitative estimate of drug-likeness (QED) is 0.734. The molecule has 2 aromatic carbocycles. The summed E-state index contributed by atoms with van der Waals surface area (Å²) in [6.45, 7) is 3.59. The van der Waals surface area contributed by atoms with Crippen molar-refractivity contribution in [1.82, 2.24) is 5.32 Å². The second kappa shape index (κ2) is 8.90. The van der Waals surface area contributed by atoms with E-state index in [1.165, 1.54) is 12.1 Å². The molecule has 4 nitrogen and oxygen atoms in total. The van der Waals surface area contributed by atoms with Crippen LogP contribution in [0.25, 0.3) is 0 Å². The first-order chi connectivity index (χ1) is 11.2. The summed E-state index contributed by atoms with van der Waals surface area (Å²) >= 11 is 0. The van der Waals surface area contributed by atoms with Crippen molar-refractivity contribution < 1.29 is 13.9 Å². The van der Waals surface area contributed by atoms with Gasteiger partial charge in [0.1, 0.15) is 11.6 Å². The van der Waals surface area contributed by atoms with E-state index in [2.05, 4.69) is 10.6 Å². The Kier molecular flexibility index (Phi) is 6.56. The summed E-state index contributed by atoms with van der Waals surface area (Å²) < 4.78 is 18.3. The third kappa shape index (κ3) is 5.71. The van der Waals surface area contributed by atoms with E-state index in [4.69, 9.17) is 4.74 Å². The van der Waals surface area contributed by atoms with Crippen LogP contribution in [-0.4, -0.2) is 19.1 Å². The molecule has 122 valence electrons. The smallest absolute Gasteiger partial charge is 0.225 e. The van der Waals surface area contributed by atoms with E-state index in [0.29, 0.717) is 37.6 Å². The third-order valence-corrected chi connectivity index (χ3v) is 3.23. The first-order valence-corrected chi connectivity index (χ1v) is 7.66. The predicted octanol–water partition coefficient (Wildman–Crippen LogP) is 3.34. The molecule has 0 atom stereocenters. The van der Waals surface area contributed by atoms with Crippen molar-refractivity contribution in [2.45, 2.75) is 19.9 Å². The highest BCUT2D eigenvalue weighted by Gasteiger charge is 2.06. The van der Waals surface area contributed by atoms with Crippen LogP contribution in [-0.2, 0) is 11.3 Å². The van der Waals surface area contributed by atoms with Crippen molar-refractivity contribution in [2.24, 2.45) is 0 Å². The zero-order valence-electron chi connectivity index (χ0n) is 13.1. The average molecular weight is 316 g/mol. The number of anilines is 1. The van der Waals surface area contributed by atoms with Gasteiger partial charge in [-0.05, 0) is 36.8 Å². The SMILES string of the molecule is CCOc1ccccc1NC(=O)CCNCc1ccc(F)cc1. The van der Waals surface area contributed by atoms with Gasteiger partial charge in [0.05, 0.1) is 12.3 Å². The van der Waals surface area contributed by atoms with Gasteiger partial charge in [-0.1, -0.05) is 24.3 Å². The highest BCUT2D eigenvalue weighted by molar-refractivity contribution is 5.92. The number of rotatable bonds is 8. The Morgan fingerprint density at radius 2 is 1.87 bits per heavy atom. The number of carbonyl (C=O) groups excluding carboxylic acids is 1. The Morgan fingerprint density at radius 3 is 2.61 bits per heavy atom. The highest BCUT2D eigenvalue weighted by atomic mass is 19.1. The minimum atomic E-state index is -0.249. The molecular formula is C18H21FN2O2.